The number of aromatic nitrogens is 2. The van der Waals surface area contributed by atoms with Crippen LogP contribution in [-0.2, 0) is 13.1 Å². The summed E-state index contributed by atoms with van der Waals surface area (Å²) in [5, 5.41) is 6.15. The summed E-state index contributed by atoms with van der Waals surface area (Å²) >= 11 is 0. The first kappa shape index (κ1) is 15.6. The van der Waals surface area contributed by atoms with Crippen molar-refractivity contribution in [3.8, 4) is 5.75 Å². The minimum absolute atomic E-state index is 0.396. The molecule has 3 rings (SSSR count). The van der Waals surface area contributed by atoms with E-state index in [0.29, 0.717) is 6.04 Å². The second-order valence-electron chi connectivity index (χ2n) is 5.71. The van der Waals surface area contributed by atoms with Gasteiger partial charge in [-0.3, -0.25) is 0 Å². The van der Waals surface area contributed by atoms with E-state index in [4.69, 9.17) is 4.74 Å². The quantitative estimate of drug-likeness (QED) is 0.724. The number of fused-ring (bicyclic) bond motifs is 1. The van der Waals surface area contributed by atoms with Gasteiger partial charge in [0.25, 0.3) is 0 Å². The highest BCUT2D eigenvalue weighted by molar-refractivity contribution is 5.87. The van der Waals surface area contributed by atoms with E-state index < -0.39 is 0 Å². The van der Waals surface area contributed by atoms with Crippen molar-refractivity contribution in [1.29, 1.82) is 0 Å². The Hall–Kier alpha value is -2.33. The van der Waals surface area contributed by atoms with Crippen LogP contribution < -0.4 is 10.1 Å². The van der Waals surface area contributed by atoms with Crippen LogP contribution in [0.3, 0.4) is 0 Å². The molecular weight excluding hydrogens is 286 g/mol. The molecular formula is C19H23N3O. The van der Waals surface area contributed by atoms with Crippen molar-refractivity contribution in [3.05, 3.63) is 60.7 Å². The number of methoxy groups -OCH3 is 1. The summed E-state index contributed by atoms with van der Waals surface area (Å²) in [6, 6.07) is 13.0. The van der Waals surface area contributed by atoms with E-state index in [0.717, 1.165) is 25.3 Å². The fourth-order valence-corrected chi connectivity index (χ4v) is 2.92. The molecule has 1 heterocycles. The van der Waals surface area contributed by atoms with E-state index in [9.17, 15) is 0 Å². The van der Waals surface area contributed by atoms with Gasteiger partial charge in [-0.2, -0.15) is 0 Å². The van der Waals surface area contributed by atoms with Gasteiger partial charge in [0, 0.05) is 37.1 Å². The third-order valence-electron chi connectivity index (χ3n) is 4.27. The lowest BCUT2D eigenvalue weighted by molar-refractivity contribution is 0.399. The Morgan fingerprint density at radius 2 is 2.09 bits per heavy atom. The molecule has 0 aliphatic carbocycles. The van der Waals surface area contributed by atoms with Gasteiger partial charge in [-0.05, 0) is 23.3 Å². The molecule has 0 amide bonds. The van der Waals surface area contributed by atoms with Crippen LogP contribution in [-0.4, -0.2) is 22.7 Å². The van der Waals surface area contributed by atoms with Crippen molar-refractivity contribution in [2.75, 3.05) is 7.11 Å². The average Bonchev–Trinajstić information content (AvgIpc) is 3.11. The van der Waals surface area contributed by atoms with Crippen LogP contribution >= 0.6 is 0 Å². The number of rotatable bonds is 7. The van der Waals surface area contributed by atoms with Gasteiger partial charge < -0.3 is 14.6 Å². The van der Waals surface area contributed by atoms with Crippen molar-refractivity contribution in [2.45, 2.75) is 32.5 Å². The molecule has 23 heavy (non-hydrogen) atoms. The molecule has 4 heteroatoms. The molecule has 0 aliphatic rings. The van der Waals surface area contributed by atoms with E-state index >= 15 is 0 Å². The topological polar surface area (TPSA) is 39.1 Å². The highest BCUT2D eigenvalue weighted by Gasteiger charge is 2.11. The Kier molecular flexibility index (Phi) is 4.93. The Morgan fingerprint density at radius 3 is 2.83 bits per heavy atom. The normalized spacial score (nSPS) is 12.4. The van der Waals surface area contributed by atoms with Crippen molar-refractivity contribution in [1.82, 2.24) is 14.9 Å². The highest BCUT2D eigenvalue weighted by Crippen LogP contribution is 2.28. The predicted molar refractivity (Wildman–Crippen MR) is 93.6 cm³/mol. The molecule has 120 valence electrons. The molecule has 1 unspecified atom stereocenters. The molecule has 1 atom stereocenters. The standard InChI is InChI=1S/C19H23N3O/c1-3-16(13-22-11-10-20-14-22)21-12-18-17-7-5-4-6-15(17)8-9-19(18)23-2/h4-11,14,16,21H,3,12-13H2,1-2H3. The minimum atomic E-state index is 0.396. The summed E-state index contributed by atoms with van der Waals surface area (Å²) in [5.74, 6) is 0.939. The van der Waals surface area contributed by atoms with Gasteiger partial charge in [0.15, 0.2) is 0 Å². The van der Waals surface area contributed by atoms with Gasteiger partial charge in [-0.25, -0.2) is 4.98 Å². The van der Waals surface area contributed by atoms with Gasteiger partial charge in [0.1, 0.15) is 5.75 Å². The van der Waals surface area contributed by atoms with E-state index in [1.807, 2.05) is 18.7 Å². The van der Waals surface area contributed by atoms with Crippen molar-refractivity contribution in [3.63, 3.8) is 0 Å². The number of nitrogens with one attached hydrogen (secondary N) is 1. The molecule has 1 aromatic heterocycles. The molecule has 0 saturated heterocycles. The zero-order valence-electron chi connectivity index (χ0n) is 13.7. The number of hydrogen-bond acceptors (Lipinski definition) is 3. The second kappa shape index (κ2) is 7.29. The zero-order valence-corrected chi connectivity index (χ0v) is 13.7. The van der Waals surface area contributed by atoms with Gasteiger partial charge in [-0.15, -0.1) is 0 Å². The molecule has 3 aromatic rings. The van der Waals surface area contributed by atoms with Crippen LogP contribution in [0.15, 0.2) is 55.1 Å². The van der Waals surface area contributed by atoms with Gasteiger partial charge in [-0.1, -0.05) is 37.3 Å². The largest absolute Gasteiger partial charge is 0.496 e. The monoisotopic (exact) mass is 309 g/mol. The lowest BCUT2D eigenvalue weighted by Crippen LogP contribution is -2.32. The average molecular weight is 309 g/mol. The lowest BCUT2D eigenvalue weighted by atomic mass is 10.0. The maximum absolute atomic E-state index is 5.57. The Balaban J connectivity index is 1.79. The molecule has 2 aromatic carbocycles. The predicted octanol–water partition coefficient (Wildman–Crippen LogP) is 3.61. The molecule has 0 radical (unpaired) electrons. The van der Waals surface area contributed by atoms with Crippen molar-refractivity contribution in [2.24, 2.45) is 0 Å². The first-order valence-corrected chi connectivity index (χ1v) is 8.05. The SMILES string of the molecule is CCC(Cn1ccnc1)NCc1c(OC)ccc2ccccc12. The summed E-state index contributed by atoms with van der Waals surface area (Å²) in [7, 11) is 1.73. The van der Waals surface area contributed by atoms with Crippen LogP contribution in [0.4, 0.5) is 0 Å². The summed E-state index contributed by atoms with van der Waals surface area (Å²) in [6.07, 6.45) is 6.75. The summed E-state index contributed by atoms with van der Waals surface area (Å²) in [6.45, 7) is 3.91. The fourth-order valence-electron chi connectivity index (χ4n) is 2.92. The number of imidazole rings is 1. The first-order chi connectivity index (χ1) is 11.3. The van der Waals surface area contributed by atoms with Crippen LogP contribution in [0.2, 0.25) is 0 Å². The molecule has 4 nitrogen and oxygen atoms in total. The Bertz CT molecular complexity index is 752. The number of ether oxygens (including phenoxy) is 1. The molecule has 0 saturated carbocycles. The smallest absolute Gasteiger partial charge is 0.123 e. The van der Waals surface area contributed by atoms with E-state index in [2.05, 4.69) is 58.2 Å². The Morgan fingerprint density at radius 1 is 1.22 bits per heavy atom. The van der Waals surface area contributed by atoms with Gasteiger partial charge in [0.05, 0.1) is 13.4 Å². The highest BCUT2D eigenvalue weighted by atomic mass is 16.5. The van der Waals surface area contributed by atoms with E-state index in [-0.39, 0.29) is 0 Å². The van der Waals surface area contributed by atoms with Crippen LogP contribution in [0.5, 0.6) is 5.75 Å². The van der Waals surface area contributed by atoms with E-state index in [1.165, 1.54) is 16.3 Å². The van der Waals surface area contributed by atoms with Crippen LogP contribution in [0.1, 0.15) is 18.9 Å². The Labute approximate surface area is 137 Å². The third kappa shape index (κ3) is 3.54. The zero-order chi connectivity index (χ0) is 16.1. The molecule has 0 bridgehead atoms. The molecule has 1 N–H and O–H groups in total. The van der Waals surface area contributed by atoms with Crippen LogP contribution in [0, 0.1) is 0 Å². The van der Waals surface area contributed by atoms with E-state index in [1.54, 1.807) is 7.11 Å². The number of hydrogen-bond donors (Lipinski definition) is 1. The van der Waals surface area contributed by atoms with Crippen LogP contribution in [0.25, 0.3) is 10.8 Å². The molecule has 0 fully saturated rings. The lowest BCUT2D eigenvalue weighted by Gasteiger charge is -2.19. The number of benzene rings is 2. The third-order valence-corrected chi connectivity index (χ3v) is 4.27. The van der Waals surface area contributed by atoms with Crippen molar-refractivity contribution < 1.29 is 4.74 Å². The maximum Gasteiger partial charge on any atom is 0.123 e. The summed E-state index contributed by atoms with van der Waals surface area (Å²) in [4.78, 5) is 4.11. The van der Waals surface area contributed by atoms with Crippen molar-refractivity contribution >= 4 is 10.8 Å². The molecule has 0 spiro atoms. The van der Waals surface area contributed by atoms with Gasteiger partial charge >= 0.3 is 0 Å². The fraction of sp³-hybridized carbons (Fsp3) is 0.316. The molecule has 0 aliphatic heterocycles. The summed E-state index contributed by atoms with van der Waals surface area (Å²) < 4.78 is 7.68. The minimum Gasteiger partial charge on any atom is -0.496 e. The maximum atomic E-state index is 5.57. The van der Waals surface area contributed by atoms with Gasteiger partial charge in [0.2, 0.25) is 0 Å². The summed E-state index contributed by atoms with van der Waals surface area (Å²) in [5.41, 5.74) is 1.22. The first-order valence-electron chi connectivity index (χ1n) is 8.05. The number of nitrogens with zero attached hydrogens (tertiary/aromatic N) is 2. The second-order valence-corrected chi connectivity index (χ2v) is 5.71.